The van der Waals surface area contributed by atoms with Crippen LogP contribution in [0.3, 0.4) is 0 Å². The van der Waals surface area contributed by atoms with Gasteiger partial charge in [-0.05, 0) is 44.2 Å². The van der Waals surface area contributed by atoms with Crippen molar-refractivity contribution in [3.63, 3.8) is 0 Å². The highest BCUT2D eigenvalue weighted by atomic mass is 19.2. The van der Waals surface area contributed by atoms with Crippen LogP contribution in [0.5, 0.6) is 5.75 Å². The first-order chi connectivity index (χ1) is 13.3. The standard InChI is InChI=1S/C20H22F2N4O2/c1-12(2)26(23-4)13(3)16-10-14(7-9-19(16)28-5)24-20(27)25-15-6-8-17(21)18(22)11-15/h6-12H,3-4H2,1-2,5H3,(H2,24,25,27). The van der Waals surface area contributed by atoms with E-state index in [0.29, 0.717) is 22.7 Å². The Hall–Kier alpha value is -3.42. The summed E-state index contributed by atoms with van der Waals surface area (Å²) in [4.78, 5) is 12.2. The zero-order valence-electron chi connectivity index (χ0n) is 15.9. The lowest BCUT2D eigenvalue weighted by molar-refractivity contribution is 0.262. The van der Waals surface area contributed by atoms with E-state index in [0.717, 1.165) is 12.1 Å². The molecule has 2 aromatic rings. The average Bonchev–Trinajstić information content (AvgIpc) is 2.64. The quantitative estimate of drug-likeness (QED) is 0.523. The van der Waals surface area contributed by atoms with E-state index in [2.05, 4.69) is 29.0 Å². The number of amides is 2. The highest BCUT2D eigenvalue weighted by Gasteiger charge is 2.17. The van der Waals surface area contributed by atoms with Crippen LogP contribution >= 0.6 is 0 Å². The van der Waals surface area contributed by atoms with Gasteiger partial charge in [0.25, 0.3) is 0 Å². The van der Waals surface area contributed by atoms with Crippen molar-refractivity contribution in [3.05, 3.63) is 60.2 Å². The smallest absolute Gasteiger partial charge is 0.323 e. The number of anilines is 2. The van der Waals surface area contributed by atoms with Crippen LogP contribution in [-0.4, -0.2) is 30.9 Å². The third-order valence-electron chi connectivity index (χ3n) is 3.86. The molecule has 0 fully saturated rings. The van der Waals surface area contributed by atoms with Crippen molar-refractivity contribution in [1.82, 2.24) is 5.01 Å². The second-order valence-corrected chi connectivity index (χ2v) is 6.15. The van der Waals surface area contributed by atoms with Crippen LogP contribution in [0, 0.1) is 11.6 Å². The van der Waals surface area contributed by atoms with Crippen LogP contribution in [0.25, 0.3) is 5.70 Å². The number of nitrogens with one attached hydrogen (secondary N) is 2. The molecule has 2 N–H and O–H groups in total. The first-order valence-electron chi connectivity index (χ1n) is 8.43. The fraction of sp³-hybridized carbons (Fsp3) is 0.200. The van der Waals surface area contributed by atoms with E-state index in [-0.39, 0.29) is 11.7 Å². The predicted molar refractivity (Wildman–Crippen MR) is 108 cm³/mol. The van der Waals surface area contributed by atoms with E-state index in [1.165, 1.54) is 13.2 Å². The first-order valence-corrected chi connectivity index (χ1v) is 8.43. The lowest BCUT2D eigenvalue weighted by Gasteiger charge is -2.26. The van der Waals surface area contributed by atoms with E-state index >= 15 is 0 Å². The van der Waals surface area contributed by atoms with Gasteiger partial charge in [-0.1, -0.05) is 6.58 Å². The Labute approximate surface area is 162 Å². The zero-order chi connectivity index (χ0) is 20.8. The number of carbonyl (C=O) groups excluding carboxylic acids is 1. The molecule has 0 aliphatic heterocycles. The number of ether oxygens (including phenoxy) is 1. The van der Waals surface area contributed by atoms with Crippen molar-refractivity contribution in [1.29, 1.82) is 0 Å². The van der Waals surface area contributed by atoms with E-state index in [4.69, 9.17) is 4.74 Å². The molecule has 0 bridgehead atoms. The Balaban J connectivity index is 2.22. The van der Waals surface area contributed by atoms with E-state index in [1.54, 1.807) is 23.2 Å². The highest BCUT2D eigenvalue weighted by molar-refractivity contribution is 6.00. The van der Waals surface area contributed by atoms with Crippen LogP contribution < -0.4 is 15.4 Å². The monoisotopic (exact) mass is 388 g/mol. The van der Waals surface area contributed by atoms with Crippen molar-refractivity contribution in [2.24, 2.45) is 5.10 Å². The fourth-order valence-electron chi connectivity index (χ4n) is 2.56. The van der Waals surface area contributed by atoms with Crippen LogP contribution in [0.1, 0.15) is 19.4 Å². The minimum absolute atomic E-state index is 0.0167. The van der Waals surface area contributed by atoms with Crippen molar-refractivity contribution in [3.8, 4) is 5.75 Å². The second kappa shape index (κ2) is 8.98. The Morgan fingerprint density at radius 1 is 1.11 bits per heavy atom. The molecule has 2 rings (SSSR count). The lowest BCUT2D eigenvalue weighted by Crippen LogP contribution is -2.23. The second-order valence-electron chi connectivity index (χ2n) is 6.15. The summed E-state index contributed by atoms with van der Waals surface area (Å²) in [5.41, 5.74) is 1.74. The fourth-order valence-corrected chi connectivity index (χ4v) is 2.56. The van der Waals surface area contributed by atoms with Crippen molar-refractivity contribution >= 4 is 29.8 Å². The van der Waals surface area contributed by atoms with Gasteiger partial charge in [-0.25, -0.2) is 13.6 Å². The average molecular weight is 388 g/mol. The third kappa shape index (κ3) is 4.85. The topological polar surface area (TPSA) is 66.0 Å². The molecule has 0 aromatic heterocycles. The van der Waals surface area contributed by atoms with Crippen LogP contribution in [0.15, 0.2) is 48.1 Å². The van der Waals surface area contributed by atoms with Crippen molar-refractivity contribution < 1.29 is 18.3 Å². The zero-order valence-corrected chi connectivity index (χ0v) is 15.9. The number of methoxy groups -OCH3 is 1. The maximum atomic E-state index is 13.3. The number of benzene rings is 2. The summed E-state index contributed by atoms with van der Waals surface area (Å²) in [5.74, 6) is -1.49. The molecule has 0 saturated heterocycles. The molecule has 0 spiro atoms. The van der Waals surface area contributed by atoms with Gasteiger partial charge >= 0.3 is 6.03 Å². The first kappa shape index (κ1) is 20.9. The summed E-state index contributed by atoms with van der Waals surface area (Å²) in [6, 6.07) is 7.48. The summed E-state index contributed by atoms with van der Waals surface area (Å²) in [5, 5.41) is 10.7. The maximum absolute atomic E-state index is 13.3. The molecule has 0 aliphatic carbocycles. The molecule has 0 radical (unpaired) electrons. The molecule has 8 heteroatoms. The summed E-state index contributed by atoms with van der Waals surface area (Å²) in [6.45, 7) is 11.5. The molecular formula is C20H22F2N4O2. The van der Waals surface area contributed by atoms with Crippen LogP contribution in [-0.2, 0) is 0 Å². The summed E-state index contributed by atoms with van der Waals surface area (Å²) >= 11 is 0. The van der Waals surface area contributed by atoms with Crippen LogP contribution in [0.2, 0.25) is 0 Å². The number of hydrazone groups is 1. The molecule has 2 aromatic carbocycles. The molecule has 0 aliphatic rings. The van der Waals surface area contributed by atoms with Gasteiger partial charge in [-0.3, -0.25) is 5.01 Å². The van der Waals surface area contributed by atoms with Gasteiger partial charge in [0.1, 0.15) is 5.75 Å². The van der Waals surface area contributed by atoms with Crippen LogP contribution in [0.4, 0.5) is 25.0 Å². The van der Waals surface area contributed by atoms with Gasteiger partial charge in [0.2, 0.25) is 0 Å². The van der Waals surface area contributed by atoms with Gasteiger partial charge in [-0.2, -0.15) is 5.10 Å². The molecule has 6 nitrogen and oxygen atoms in total. The number of halogens is 2. The summed E-state index contributed by atoms with van der Waals surface area (Å²) in [6.07, 6.45) is 0. The highest BCUT2D eigenvalue weighted by Crippen LogP contribution is 2.31. The number of hydrogen-bond acceptors (Lipinski definition) is 4. The van der Waals surface area contributed by atoms with Gasteiger partial charge < -0.3 is 15.4 Å². The third-order valence-corrected chi connectivity index (χ3v) is 3.86. The minimum Gasteiger partial charge on any atom is -0.496 e. The molecule has 0 saturated carbocycles. The Kier molecular flexibility index (Phi) is 6.70. The SMILES string of the molecule is C=NN(C(=C)c1cc(NC(=O)Nc2ccc(F)c(F)c2)ccc1OC)C(C)C. The number of hydrogen-bond donors (Lipinski definition) is 2. The summed E-state index contributed by atoms with van der Waals surface area (Å²) in [7, 11) is 1.52. The lowest BCUT2D eigenvalue weighted by atomic mass is 10.1. The predicted octanol–water partition coefficient (Wildman–Crippen LogP) is 4.91. The van der Waals surface area contributed by atoms with Gasteiger partial charge in [0, 0.05) is 35.8 Å². The Bertz CT molecular complexity index is 900. The molecule has 0 atom stereocenters. The summed E-state index contributed by atoms with van der Waals surface area (Å²) < 4.78 is 31.6. The molecule has 0 unspecified atom stereocenters. The van der Waals surface area contributed by atoms with E-state index in [1.807, 2.05) is 13.8 Å². The maximum Gasteiger partial charge on any atom is 0.323 e. The molecular weight excluding hydrogens is 366 g/mol. The van der Waals surface area contributed by atoms with Gasteiger partial charge in [-0.15, -0.1) is 0 Å². The number of nitrogens with zero attached hydrogens (tertiary/aromatic N) is 2. The largest absolute Gasteiger partial charge is 0.496 e. The number of urea groups is 1. The molecule has 2 amide bonds. The normalized spacial score (nSPS) is 10.4. The minimum atomic E-state index is -1.05. The molecule has 0 heterocycles. The molecule has 28 heavy (non-hydrogen) atoms. The van der Waals surface area contributed by atoms with E-state index in [9.17, 15) is 13.6 Å². The number of carbonyl (C=O) groups is 1. The van der Waals surface area contributed by atoms with Gasteiger partial charge in [0.15, 0.2) is 11.6 Å². The van der Waals surface area contributed by atoms with Crippen molar-refractivity contribution in [2.45, 2.75) is 19.9 Å². The number of rotatable bonds is 7. The Morgan fingerprint density at radius 2 is 1.71 bits per heavy atom. The molecule has 148 valence electrons. The van der Waals surface area contributed by atoms with Gasteiger partial charge in [0.05, 0.1) is 12.8 Å². The Morgan fingerprint density at radius 3 is 2.25 bits per heavy atom. The van der Waals surface area contributed by atoms with E-state index < -0.39 is 17.7 Å². The van der Waals surface area contributed by atoms with Crippen molar-refractivity contribution in [2.75, 3.05) is 17.7 Å².